The molecule has 3 aliphatic rings. The Hall–Kier alpha value is -2.86. The minimum absolute atomic E-state index is 0.00568. The Morgan fingerprint density at radius 2 is 2.00 bits per heavy atom. The van der Waals surface area contributed by atoms with Gasteiger partial charge in [-0.2, -0.15) is 4.31 Å². The van der Waals surface area contributed by atoms with Crippen LogP contribution in [0.3, 0.4) is 0 Å². The summed E-state index contributed by atoms with van der Waals surface area (Å²) in [5.74, 6) is -0.208. The van der Waals surface area contributed by atoms with E-state index in [1.54, 1.807) is 11.0 Å². The van der Waals surface area contributed by atoms with Gasteiger partial charge >= 0.3 is 6.03 Å². The summed E-state index contributed by atoms with van der Waals surface area (Å²) in [6.45, 7) is 1.04. The molecule has 5 rings (SSSR count). The van der Waals surface area contributed by atoms with Gasteiger partial charge in [0.05, 0.1) is 30.7 Å². The SMILES string of the molecule is O=C(Nc1cncc(F)c1)N1c2nc(N3CCC(F)C3)ccc2S(=O)(=O)N2CC[C@H]1C2. The fourth-order valence-corrected chi connectivity index (χ4v) is 5.89. The molecule has 0 aromatic carbocycles. The fraction of sp³-hybridized carbons (Fsp3) is 0.421. The second-order valence-electron chi connectivity index (χ2n) is 7.82. The summed E-state index contributed by atoms with van der Waals surface area (Å²) in [6.07, 6.45) is 2.14. The lowest BCUT2D eigenvalue weighted by molar-refractivity contribution is 0.254. The van der Waals surface area contributed by atoms with Crippen LogP contribution in [-0.2, 0) is 10.0 Å². The first-order chi connectivity index (χ1) is 14.8. The van der Waals surface area contributed by atoms with Gasteiger partial charge in [-0.25, -0.2) is 27.0 Å². The highest BCUT2D eigenvalue weighted by molar-refractivity contribution is 7.89. The van der Waals surface area contributed by atoms with Crippen molar-refractivity contribution < 1.29 is 22.0 Å². The highest BCUT2D eigenvalue weighted by Crippen LogP contribution is 2.38. The molecular formula is C19H20F2N6O3S. The predicted octanol–water partition coefficient (Wildman–Crippen LogP) is 1.98. The maximum Gasteiger partial charge on any atom is 0.327 e. The maximum atomic E-state index is 13.7. The number of carbonyl (C=O) groups is 1. The lowest BCUT2D eigenvalue weighted by Gasteiger charge is -2.29. The number of amides is 2. The Morgan fingerprint density at radius 3 is 2.74 bits per heavy atom. The minimum atomic E-state index is -3.84. The van der Waals surface area contributed by atoms with E-state index >= 15 is 0 Å². The number of rotatable bonds is 2. The van der Waals surface area contributed by atoms with Gasteiger partial charge in [0.25, 0.3) is 0 Å². The van der Waals surface area contributed by atoms with Gasteiger partial charge in [-0.15, -0.1) is 0 Å². The van der Waals surface area contributed by atoms with E-state index in [0.717, 1.165) is 12.3 Å². The van der Waals surface area contributed by atoms with Crippen molar-refractivity contribution in [3.63, 3.8) is 0 Å². The molecule has 3 atom stereocenters. The van der Waals surface area contributed by atoms with Crippen molar-refractivity contribution >= 4 is 33.4 Å². The summed E-state index contributed by atoms with van der Waals surface area (Å²) >= 11 is 0. The Bertz CT molecular complexity index is 1150. The van der Waals surface area contributed by atoms with Gasteiger partial charge in [0.2, 0.25) is 10.0 Å². The van der Waals surface area contributed by atoms with E-state index in [1.807, 2.05) is 0 Å². The average molecular weight is 450 g/mol. The first-order valence-corrected chi connectivity index (χ1v) is 11.4. The van der Waals surface area contributed by atoms with Gasteiger partial charge in [-0.05, 0) is 25.0 Å². The van der Waals surface area contributed by atoms with Gasteiger partial charge in [0.1, 0.15) is 22.7 Å². The van der Waals surface area contributed by atoms with E-state index in [1.165, 1.54) is 21.5 Å². The number of hydrogen-bond acceptors (Lipinski definition) is 6. The molecule has 12 heteroatoms. The van der Waals surface area contributed by atoms with E-state index < -0.39 is 34.1 Å². The normalized spacial score (nSPS) is 26.5. The lowest BCUT2D eigenvalue weighted by Crippen LogP contribution is -2.44. The quantitative estimate of drug-likeness (QED) is 0.751. The van der Waals surface area contributed by atoms with Crippen molar-refractivity contribution in [2.75, 3.05) is 41.3 Å². The van der Waals surface area contributed by atoms with E-state index in [2.05, 4.69) is 15.3 Å². The topological polar surface area (TPSA) is 98.7 Å². The third-order valence-corrected chi connectivity index (χ3v) is 7.68. The van der Waals surface area contributed by atoms with E-state index in [0.29, 0.717) is 25.2 Å². The van der Waals surface area contributed by atoms with Crippen LogP contribution in [0.15, 0.2) is 35.5 Å². The summed E-state index contributed by atoms with van der Waals surface area (Å²) in [5, 5.41) is 2.58. The second-order valence-corrected chi connectivity index (χ2v) is 9.73. The summed E-state index contributed by atoms with van der Waals surface area (Å²) < 4.78 is 54.8. The first kappa shape index (κ1) is 20.1. The van der Waals surface area contributed by atoms with Crippen LogP contribution in [0, 0.1) is 5.82 Å². The van der Waals surface area contributed by atoms with E-state index in [9.17, 15) is 22.0 Å². The van der Waals surface area contributed by atoms with Crippen LogP contribution in [0.2, 0.25) is 0 Å². The molecule has 2 aromatic heterocycles. The van der Waals surface area contributed by atoms with Crippen LogP contribution in [0.5, 0.6) is 0 Å². The number of anilines is 3. The zero-order chi connectivity index (χ0) is 21.8. The molecule has 2 aromatic rings. The van der Waals surface area contributed by atoms with Crippen LogP contribution in [-0.4, -0.2) is 67.1 Å². The molecule has 164 valence electrons. The Balaban J connectivity index is 1.58. The lowest BCUT2D eigenvalue weighted by atomic mass is 10.2. The molecule has 2 bridgehead atoms. The average Bonchev–Trinajstić information content (AvgIpc) is 3.36. The maximum absolute atomic E-state index is 13.7. The number of halogens is 2. The standard InChI is InChI=1S/C19H20F2N6O3S/c20-12-3-5-25(10-12)17-2-1-16-18(24-17)27(15-4-6-26(11-15)31(16,29)30)19(28)23-14-7-13(21)8-22-9-14/h1-2,7-9,12,15H,3-6,10-11H2,(H,23,28)/t12?,15-/m0/s1. The van der Waals surface area contributed by atoms with E-state index in [-0.39, 0.29) is 36.0 Å². The number of sulfonamides is 1. The van der Waals surface area contributed by atoms with Gasteiger partial charge in [-0.1, -0.05) is 0 Å². The van der Waals surface area contributed by atoms with Crippen molar-refractivity contribution in [2.24, 2.45) is 0 Å². The Labute approximate surface area is 177 Å². The zero-order valence-electron chi connectivity index (χ0n) is 16.4. The zero-order valence-corrected chi connectivity index (χ0v) is 17.2. The third kappa shape index (κ3) is 3.49. The molecular weight excluding hydrogens is 430 g/mol. The Kier molecular flexibility index (Phi) is 4.77. The summed E-state index contributed by atoms with van der Waals surface area (Å²) in [7, 11) is -3.84. The van der Waals surface area contributed by atoms with Crippen molar-refractivity contribution in [3.8, 4) is 0 Å². The largest absolute Gasteiger partial charge is 0.354 e. The molecule has 2 fully saturated rings. The van der Waals surface area contributed by atoms with Gasteiger partial charge in [-0.3, -0.25) is 9.88 Å². The Morgan fingerprint density at radius 1 is 1.16 bits per heavy atom. The molecule has 1 N–H and O–H groups in total. The van der Waals surface area contributed by atoms with Crippen molar-refractivity contribution in [2.45, 2.75) is 30.0 Å². The smallest absolute Gasteiger partial charge is 0.327 e. The van der Waals surface area contributed by atoms with Crippen LogP contribution < -0.4 is 15.1 Å². The molecule has 0 aliphatic carbocycles. The van der Waals surface area contributed by atoms with Crippen LogP contribution >= 0.6 is 0 Å². The van der Waals surface area contributed by atoms with Gasteiger partial charge in [0, 0.05) is 25.7 Å². The monoisotopic (exact) mass is 450 g/mol. The first-order valence-electron chi connectivity index (χ1n) is 9.94. The number of pyridine rings is 2. The molecule has 2 saturated heterocycles. The van der Waals surface area contributed by atoms with Crippen LogP contribution in [0.25, 0.3) is 0 Å². The van der Waals surface area contributed by atoms with Crippen LogP contribution in [0.1, 0.15) is 12.8 Å². The summed E-state index contributed by atoms with van der Waals surface area (Å²) in [4.78, 5) is 24.4. The minimum Gasteiger partial charge on any atom is -0.354 e. The number of hydrogen-bond donors (Lipinski definition) is 1. The number of alkyl halides is 1. The van der Waals surface area contributed by atoms with Crippen molar-refractivity contribution in [1.29, 1.82) is 0 Å². The highest BCUT2D eigenvalue weighted by atomic mass is 32.2. The number of nitrogens with one attached hydrogen (secondary N) is 1. The summed E-state index contributed by atoms with van der Waals surface area (Å²) in [5.41, 5.74) is 0.143. The van der Waals surface area contributed by atoms with E-state index in [4.69, 9.17) is 0 Å². The highest BCUT2D eigenvalue weighted by Gasteiger charge is 2.45. The number of nitrogens with zero attached hydrogens (tertiary/aromatic N) is 5. The number of carbonyl (C=O) groups excluding carboxylic acids is 1. The number of aromatic nitrogens is 2. The van der Waals surface area contributed by atoms with Gasteiger partial charge in [0.15, 0.2) is 5.82 Å². The molecule has 3 aliphatic heterocycles. The van der Waals surface area contributed by atoms with Crippen molar-refractivity contribution in [1.82, 2.24) is 14.3 Å². The number of fused-ring (bicyclic) bond motifs is 3. The molecule has 2 unspecified atom stereocenters. The molecule has 31 heavy (non-hydrogen) atoms. The second kappa shape index (κ2) is 7.38. The molecule has 0 spiro atoms. The van der Waals surface area contributed by atoms with Crippen molar-refractivity contribution in [3.05, 3.63) is 36.4 Å². The van der Waals surface area contributed by atoms with Gasteiger partial charge < -0.3 is 10.2 Å². The third-order valence-electron chi connectivity index (χ3n) is 5.79. The molecule has 5 heterocycles. The fourth-order valence-electron chi connectivity index (χ4n) is 4.28. The predicted molar refractivity (Wildman–Crippen MR) is 109 cm³/mol. The molecule has 2 amide bonds. The molecule has 9 nitrogen and oxygen atoms in total. The summed E-state index contributed by atoms with van der Waals surface area (Å²) in [6, 6.07) is 3.01. The molecule has 0 saturated carbocycles. The number of urea groups is 1. The van der Waals surface area contributed by atoms with Crippen LogP contribution in [0.4, 0.5) is 30.9 Å². The molecule has 0 radical (unpaired) electrons.